The van der Waals surface area contributed by atoms with Crippen LogP contribution >= 0.6 is 0 Å². The number of carbonyl (C=O) groups is 1. The molecule has 0 unspecified atom stereocenters. The van der Waals surface area contributed by atoms with Crippen LogP contribution < -0.4 is 4.74 Å². The summed E-state index contributed by atoms with van der Waals surface area (Å²) in [5.41, 5.74) is 0.618. The Morgan fingerprint density at radius 2 is 0.582 bits per heavy atom. The standard InChI is InChI=1S/C41H74O14/c1-2-3-4-5-6-7-8-9-14-43-15-16-44-17-18-45-19-20-46-21-22-47-23-24-48-25-26-49-27-28-50-29-30-51-31-32-52-33-34-53-35-36-54-37-38-55-41-12-10-40(39-42)11-13-41/h10-13,39H,2-9,14-38H2,1H3. The van der Waals surface area contributed by atoms with Gasteiger partial charge < -0.3 is 61.6 Å². The summed E-state index contributed by atoms with van der Waals surface area (Å²) in [7, 11) is 0. The van der Waals surface area contributed by atoms with E-state index in [2.05, 4.69) is 6.92 Å². The molecule has 0 aromatic heterocycles. The first-order chi connectivity index (χ1) is 27.4. The number of benzene rings is 1. The zero-order chi connectivity index (χ0) is 39.2. The molecule has 0 aliphatic carbocycles. The first-order valence-corrected chi connectivity index (χ1v) is 20.5. The summed E-state index contributed by atoms with van der Waals surface area (Å²) in [6.45, 7) is 15.4. The van der Waals surface area contributed by atoms with E-state index in [-0.39, 0.29) is 0 Å². The summed E-state index contributed by atoms with van der Waals surface area (Å²) >= 11 is 0. The van der Waals surface area contributed by atoms with Crippen molar-refractivity contribution >= 4 is 6.29 Å². The van der Waals surface area contributed by atoms with Crippen LogP contribution in [0.25, 0.3) is 0 Å². The zero-order valence-corrected chi connectivity index (χ0v) is 33.9. The largest absolute Gasteiger partial charge is 0.491 e. The SMILES string of the molecule is CCCCCCCCCCOCCOCCOCCOCCOCCOCCOCCOCCOCCOCCOCCOCCOc1ccc(C=O)cc1. The summed E-state index contributed by atoms with van der Waals surface area (Å²) in [5.74, 6) is 0.704. The highest BCUT2D eigenvalue weighted by Crippen LogP contribution is 2.11. The second-order valence-electron chi connectivity index (χ2n) is 12.4. The van der Waals surface area contributed by atoms with E-state index in [1.165, 1.54) is 44.9 Å². The highest BCUT2D eigenvalue weighted by Gasteiger charge is 1.99. The Bertz CT molecular complexity index is 879. The molecular weight excluding hydrogens is 716 g/mol. The van der Waals surface area contributed by atoms with Crippen molar-refractivity contribution in [3.8, 4) is 5.75 Å². The first-order valence-electron chi connectivity index (χ1n) is 20.5. The van der Waals surface area contributed by atoms with Gasteiger partial charge in [-0.3, -0.25) is 4.79 Å². The summed E-state index contributed by atoms with van der Waals surface area (Å²) in [4.78, 5) is 10.7. The molecule has 0 heterocycles. The van der Waals surface area contributed by atoms with Crippen LogP contribution in [0.4, 0.5) is 0 Å². The lowest BCUT2D eigenvalue weighted by Crippen LogP contribution is -2.15. The maximum atomic E-state index is 10.7. The van der Waals surface area contributed by atoms with Gasteiger partial charge in [-0.25, -0.2) is 0 Å². The average Bonchev–Trinajstić information content (AvgIpc) is 3.21. The molecule has 1 aromatic rings. The number of rotatable bonds is 47. The van der Waals surface area contributed by atoms with E-state index in [0.717, 1.165) is 19.3 Å². The highest BCUT2D eigenvalue weighted by molar-refractivity contribution is 5.74. The Morgan fingerprint density at radius 1 is 0.327 bits per heavy atom. The third kappa shape index (κ3) is 40.2. The van der Waals surface area contributed by atoms with Gasteiger partial charge in [0.25, 0.3) is 0 Å². The molecule has 0 fully saturated rings. The predicted octanol–water partition coefficient (Wildman–Crippen LogP) is 5.22. The molecule has 0 N–H and O–H groups in total. The molecule has 0 saturated heterocycles. The van der Waals surface area contributed by atoms with Crippen molar-refractivity contribution in [1.29, 1.82) is 0 Å². The summed E-state index contributed by atoms with van der Waals surface area (Å²) < 4.78 is 71.7. The third-order valence-corrected chi connectivity index (χ3v) is 7.75. The molecule has 0 aliphatic heterocycles. The van der Waals surface area contributed by atoms with Gasteiger partial charge in [0.1, 0.15) is 18.6 Å². The van der Waals surface area contributed by atoms with Crippen molar-refractivity contribution < 1.29 is 66.4 Å². The Morgan fingerprint density at radius 3 is 0.873 bits per heavy atom. The fourth-order valence-electron chi connectivity index (χ4n) is 4.72. The van der Waals surface area contributed by atoms with Gasteiger partial charge in [0.05, 0.1) is 152 Å². The Hall–Kier alpha value is -1.79. The van der Waals surface area contributed by atoms with Gasteiger partial charge in [0.2, 0.25) is 0 Å². The van der Waals surface area contributed by atoms with E-state index >= 15 is 0 Å². The average molecular weight is 791 g/mol. The monoisotopic (exact) mass is 791 g/mol. The molecule has 0 aliphatic rings. The second-order valence-corrected chi connectivity index (χ2v) is 12.4. The number of ether oxygens (including phenoxy) is 13. The number of hydrogen-bond donors (Lipinski definition) is 0. The number of aldehydes is 1. The predicted molar refractivity (Wildman–Crippen MR) is 210 cm³/mol. The lowest BCUT2D eigenvalue weighted by Gasteiger charge is -2.09. The number of hydrogen-bond acceptors (Lipinski definition) is 14. The number of unbranched alkanes of at least 4 members (excludes halogenated alkanes) is 7. The summed E-state index contributed by atoms with van der Waals surface area (Å²) in [6, 6.07) is 6.94. The molecule has 0 saturated carbocycles. The summed E-state index contributed by atoms with van der Waals surface area (Å²) in [6.07, 6.45) is 11.3. The fraction of sp³-hybridized carbons (Fsp3) is 0.829. The topological polar surface area (TPSA) is 137 Å². The molecule has 0 atom stereocenters. The normalized spacial score (nSPS) is 11.4. The molecule has 0 amide bonds. The molecule has 1 aromatic carbocycles. The minimum absolute atomic E-state index is 0.430. The maximum absolute atomic E-state index is 10.7. The molecule has 0 bridgehead atoms. The van der Waals surface area contributed by atoms with Gasteiger partial charge in [-0.2, -0.15) is 0 Å². The zero-order valence-electron chi connectivity index (χ0n) is 33.9. The van der Waals surface area contributed by atoms with Crippen molar-refractivity contribution in [3.63, 3.8) is 0 Å². The van der Waals surface area contributed by atoms with Crippen LogP contribution in [0.15, 0.2) is 24.3 Å². The van der Waals surface area contributed by atoms with E-state index in [1.807, 2.05) is 0 Å². The van der Waals surface area contributed by atoms with Crippen LogP contribution in [-0.4, -0.2) is 171 Å². The van der Waals surface area contributed by atoms with Gasteiger partial charge in [-0.1, -0.05) is 51.9 Å². The molecule has 0 radical (unpaired) electrons. The van der Waals surface area contributed by atoms with E-state index in [1.54, 1.807) is 24.3 Å². The maximum Gasteiger partial charge on any atom is 0.150 e. The molecule has 322 valence electrons. The molecule has 0 spiro atoms. The first kappa shape index (κ1) is 51.2. The van der Waals surface area contributed by atoms with E-state index in [0.29, 0.717) is 170 Å². The van der Waals surface area contributed by atoms with E-state index in [9.17, 15) is 4.79 Å². The van der Waals surface area contributed by atoms with E-state index < -0.39 is 0 Å². The van der Waals surface area contributed by atoms with Gasteiger partial charge in [-0.15, -0.1) is 0 Å². The Balaban J connectivity index is 1.61. The van der Waals surface area contributed by atoms with Gasteiger partial charge in [0.15, 0.2) is 0 Å². The van der Waals surface area contributed by atoms with Crippen LogP contribution in [-0.2, 0) is 56.8 Å². The van der Waals surface area contributed by atoms with Crippen molar-refractivity contribution in [1.82, 2.24) is 0 Å². The van der Waals surface area contributed by atoms with Crippen LogP contribution in [0, 0.1) is 0 Å². The molecular formula is C41H74O14. The van der Waals surface area contributed by atoms with Crippen LogP contribution in [0.5, 0.6) is 5.75 Å². The highest BCUT2D eigenvalue weighted by atomic mass is 16.6. The molecule has 1 rings (SSSR count). The van der Waals surface area contributed by atoms with Crippen LogP contribution in [0.1, 0.15) is 68.6 Å². The number of carbonyl (C=O) groups excluding carboxylic acids is 1. The molecule has 55 heavy (non-hydrogen) atoms. The van der Waals surface area contributed by atoms with Crippen molar-refractivity contribution in [2.24, 2.45) is 0 Å². The third-order valence-electron chi connectivity index (χ3n) is 7.75. The van der Waals surface area contributed by atoms with E-state index in [4.69, 9.17) is 61.6 Å². The van der Waals surface area contributed by atoms with Gasteiger partial charge in [-0.05, 0) is 30.7 Å². The quantitative estimate of drug-likeness (QED) is 0.0631. The van der Waals surface area contributed by atoms with Gasteiger partial charge >= 0.3 is 0 Å². The molecule has 14 nitrogen and oxygen atoms in total. The summed E-state index contributed by atoms with van der Waals surface area (Å²) in [5, 5.41) is 0. The minimum atomic E-state index is 0.430. The fourth-order valence-corrected chi connectivity index (χ4v) is 4.72. The van der Waals surface area contributed by atoms with Crippen molar-refractivity contribution in [3.05, 3.63) is 29.8 Å². The lowest BCUT2D eigenvalue weighted by atomic mass is 10.1. The van der Waals surface area contributed by atoms with Gasteiger partial charge in [0, 0.05) is 12.2 Å². The van der Waals surface area contributed by atoms with Crippen molar-refractivity contribution in [2.45, 2.75) is 58.3 Å². The smallest absolute Gasteiger partial charge is 0.150 e. The minimum Gasteiger partial charge on any atom is -0.491 e. The van der Waals surface area contributed by atoms with Crippen LogP contribution in [0.3, 0.4) is 0 Å². The molecule has 14 heteroatoms. The van der Waals surface area contributed by atoms with Crippen LogP contribution in [0.2, 0.25) is 0 Å². The lowest BCUT2D eigenvalue weighted by molar-refractivity contribution is -0.0285. The Kier molecular flexibility index (Phi) is 41.8. The Labute approximate surface area is 331 Å². The second kappa shape index (κ2) is 44.9. The van der Waals surface area contributed by atoms with Crippen molar-refractivity contribution in [2.75, 3.05) is 165 Å².